The van der Waals surface area contributed by atoms with Gasteiger partial charge in [0.05, 0.1) is 6.10 Å². The third-order valence-corrected chi connectivity index (χ3v) is 3.54. The van der Waals surface area contributed by atoms with Crippen molar-refractivity contribution in [3.63, 3.8) is 0 Å². The van der Waals surface area contributed by atoms with Crippen molar-refractivity contribution in [2.24, 2.45) is 0 Å². The molecule has 0 aliphatic heterocycles. The first-order valence-corrected chi connectivity index (χ1v) is 6.76. The van der Waals surface area contributed by atoms with E-state index in [0.717, 1.165) is 16.7 Å². The van der Waals surface area contributed by atoms with Gasteiger partial charge in [-0.05, 0) is 36.6 Å². The van der Waals surface area contributed by atoms with Crippen LogP contribution in [-0.4, -0.2) is 11.7 Å². The van der Waals surface area contributed by atoms with E-state index in [2.05, 4.69) is 4.74 Å². The number of benzene rings is 2. The average molecular weight is 292 g/mol. The third kappa shape index (κ3) is 3.79. The summed E-state index contributed by atoms with van der Waals surface area (Å²) < 4.78 is 29.3. The second-order valence-electron chi connectivity index (χ2n) is 5.01. The Morgan fingerprint density at radius 2 is 1.62 bits per heavy atom. The lowest BCUT2D eigenvalue weighted by molar-refractivity contribution is -0.0515. The molecule has 1 atom stereocenters. The van der Waals surface area contributed by atoms with Crippen LogP contribution in [0.25, 0.3) is 0 Å². The Bertz CT molecular complexity index is 591. The molecule has 0 aromatic heterocycles. The second-order valence-corrected chi connectivity index (χ2v) is 5.01. The molecule has 0 radical (unpaired) electrons. The summed E-state index contributed by atoms with van der Waals surface area (Å²) >= 11 is 0. The van der Waals surface area contributed by atoms with E-state index in [1.54, 1.807) is 18.2 Å². The molecule has 1 unspecified atom stereocenters. The summed E-state index contributed by atoms with van der Waals surface area (Å²) in [6.45, 7) is 1.03. The number of ether oxygens (including phenoxy) is 1. The number of hydrogen-bond donors (Lipinski definition) is 1. The van der Waals surface area contributed by atoms with Crippen LogP contribution in [0.4, 0.5) is 8.78 Å². The molecule has 0 aliphatic rings. The molecule has 112 valence electrons. The summed E-state index contributed by atoms with van der Waals surface area (Å²) in [5.41, 5.74) is 3.54. The fraction of sp³-hybridized carbons (Fsp3) is 0.294. The molecule has 2 aromatic rings. The van der Waals surface area contributed by atoms with E-state index in [9.17, 15) is 13.9 Å². The quantitative estimate of drug-likeness (QED) is 0.895. The molecule has 0 spiro atoms. The third-order valence-electron chi connectivity index (χ3n) is 3.54. The molecule has 0 aliphatic carbocycles. The zero-order valence-electron chi connectivity index (χ0n) is 12.0. The number of aliphatic hydroxyl groups is 1. The Kier molecular flexibility index (Phi) is 4.91. The monoisotopic (exact) mass is 292 g/mol. The number of hydrogen-bond acceptors (Lipinski definition) is 2. The predicted molar refractivity (Wildman–Crippen MR) is 77.7 cm³/mol. The van der Waals surface area contributed by atoms with Gasteiger partial charge in [-0.3, -0.25) is 0 Å². The van der Waals surface area contributed by atoms with Gasteiger partial charge in [-0.1, -0.05) is 36.4 Å². The Labute approximate surface area is 123 Å². The van der Waals surface area contributed by atoms with Gasteiger partial charge in [-0.25, -0.2) is 0 Å². The maximum Gasteiger partial charge on any atom is 0.387 e. The summed E-state index contributed by atoms with van der Waals surface area (Å²) in [5, 5.41) is 10.4. The largest absolute Gasteiger partial charge is 0.434 e. The van der Waals surface area contributed by atoms with Crippen molar-refractivity contribution in [3.05, 3.63) is 64.7 Å². The Balaban J connectivity index is 2.26. The van der Waals surface area contributed by atoms with Crippen LogP contribution >= 0.6 is 0 Å². The molecule has 0 amide bonds. The van der Waals surface area contributed by atoms with Gasteiger partial charge in [0, 0.05) is 12.0 Å². The molecule has 0 fully saturated rings. The van der Waals surface area contributed by atoms with Crippen molar-refractivity contribution in [2.45, 2.75) is 33.0 Å². The lowest BCUT2D eigenvalue weighted by Crippen LogP contribution is -2.09. The zero-order valence-corrected chi connectivity index (χ0v) is 12.0. The van der Waals surface area contributed by atoms with E-state index in [0.29, 0.717) is 12.0 Å². The zero-order chi connectivity index (χ0) is 15.4. The Hall–Kier alpha value is -1.94. The molecule has 2 aromatic carbocycles. The van der Waals surface area contributed by atoms with Gasteiger partial charge in [-0.15, -0.1) is 0 Å². The van der Waals surface area contributed by atoms with Crippen LogP contribution in [0.5, 0.6) is 5.75 Å². The van der Waals surface area contributed by atoms with Crippen LogP contribution in [0.3, 0.4) is 0 Å². The minimum absolute atomic E-state index is 0.0197. The van der Waals surface area contributed by atoms with Crippen molar-refractivity contribution in [1.82, 2.24) is 0 Å². The van der Waals surface area contributed by atoms with Crippen LogP contribution in [0, 0.1) is 13.8 Å². The lowest BCUT2D eigenvalue weighted by Gasteiger charge is -2.18. The molecular formula is C17H18F2O2. The summed E-state index contributed by atoms with van der Waals surface area (Å²) in [4.78, 5) is 0. The number of rotatable bonds is 5. The van der Waals surface area contributed by atoms with Gasteiger partial charge in [-0.2, -0.15) is 8.78 Å². The first kappa shape index (κ1) is 15.4. The van der Waals surface area contributed by atoms with Gasteiger partial charge in [0.15, 0.2) is 0 Å². The molecule has 0 saturated heterocycles. The SMILES string of the molecule is Cc1cccc(C)c1CC(O)c1ccccc1OC(F)F. The van der Waals surface area contributed by atoms with E-state index < -0.39 is 12.7 Å². The fourth-order valence-corrected chi connectivity index (χ4v) is 2.43. The maximum atomic E-state index is 12.4. The predicted octanol–water partition coefficient (Wildman–Crippen LogP) is 4.18. The molecule has 0 bridgehead atoms. The van der Waals surface area contributed by atoms with E-state index in [1.165, 1.54) is 6.07 Å². The highest BCUT2D eigenvalue weighted by molar-refractivity contribution is 5.39. The summed E-state index contributed by atoms with van der Waals surface area (Å²) in [6.07, 6.45) is -0.526. The molecular weight excluding hydrogens is 274 g/mol. The second kappa shape index (κ2) is 6.68. The van der Waals surface area contributed by atoms with Crippen LogP contribution in [0.15, 0.2) is 42.5 Å². The van der Waals surface area contributed by atoms with Gasteiger partial charge in [0.2, 0.25) is 0 Å². The molecule has 1 N–H and O–H groups in total. The minimum Gasteiger partial charge on any atom is -0.434 e. The molecule has 4 heteroatoms. The van der Waals surface area contributed by atoms with Gasteiger partial charge in [0.1, 0.15) is 5.75 Å². The highest BCUT2D eigenvalue weighted by Crippen LogP contribution is 2.30. The Morgan fingerprint density at radius 1 is 1.00 bits per heavy atom. The number of aryl methyl sites for hydroxylation is 2. The number of alkyl halides is 2. The molecule has 0 heterocycles. The molecule has 0 saturated carbocycles. The lowest BCUT2D eigenvalue weighted by atomic mass is 9.94. The first-order valence-electron chi connectivity index (χ1n) is 6.76. The van der Waals surface area contributed by atoms with Crippen molar-refractivity contribution >= 4 is 0 Å². The van der Waals surface area contributed by atoms with Crippen LogP contribution in [0.2, 0.25) is 0 Å². The van der Waals surface area contributed by atoms with Gasteiger partial charge >= 0.3 is 6.61 Å². The fourth-order valence-electron chi connectivity index (χ4n) is 2.43. The normalized spacial score (nSPS) is 12.5. The van der Waals surface area contributed by atoms with E-state index >= 15 is 0 Å². The highest BCUT2D eigenvalue weighted by Gasteiger charge is 2.17. The van der Waals surface area contributed by atoms with Crippen LogP contribution in [-0.2, 0) is 6.42 Å². The van der Waals surface area contributed by atoms with E-state index in [4.69, 9.17) is 0 Å². The number of para-hydroxylation sites is 1. The van der Waals surface area contributed by atoms with Gasteiger partial charge < -0.3 is 9.84 Å². The van der Waals surface area contributed by atoms with E-state index in [-0.39, 0.29) is 5.75 Å². The maximum absolute atomic E-state index is 12.4. The Morgan fingerprint density at radius 3 is 2.24 bits per heavy atom. The minimum atomic E-state index is -2.90. The molecule has 2 rings (SSSR count). The number of aliphatic hydroxyl groups excluding tert-OH is 1. The summed E-state index contributed by atoms with van der Waals surface area (Å²) in [7, 11) is 0. The smallest absolute Gasteiger partial charge is 0.387 e. The highest BCUT2D eigenvalue weighted by atomic mass is 19.3. The van der Waals surface area contributed by atoms with Crippen molar-refractivity contribution in [3.8, 4) is 5.75 Å². The van der Waals surface area contributed by atoms with Crippen LogP contribution < -0.4 is 4.74 Å². The van der Waals surface area contributed by atoms with Crippen molar-refractivity contribution < 1.29 is 18.6 Å². The first-order chi connectivity index (χ1) is 9.99. The molecule has 2 nitrogen and oxygen atoms in total. The van der Waals surface area contributed by atoms with E-state index in [1.807, 2.05) is 32.0 Å². The average Bonchev–Trinajstić information content (AvgIpc) is 2.43. The molecule has 21 heavy (non-hydrogen) atoms. The summed E-state index contributed by atoms with van der Waals surface area (Å²) in [6, 6.07) is 12.2. The van der Waals surface area contributed by atoms with Crippen molar-refractivity contribution in [2.75, 3.05) is 0 Å². The van der Waals surface area contributed by atoms with Gasteiger partial charge in [0.25, 0.3) is 0 Å². The van der Waals surface area contributed by atoms with Crippen molar-refractivity contribution in [1.29, 1.82) is 0 Å². The van der Waals surface area contributed by atoms with Crippen LogP contribution in [0.1, 0.15) is 28.4 Å². The topological polar surface area (TPSA) is 29.5 Å². The number of halogens is 2. The summed E-state index contributed by atoms with van der Waals surface area (Å²) in [5.74, 6) is 0.0197. The standard InChI is InChI=1S/C17H18F2O2/c1-11-6-5-7-12(2)14(11)10-15(20)13-8-3-4-9-16(13)21-17(18)19/h3-9,15,17,20H,10H2,1-2H3.